The number of likely N-dealkylation sites (tertiary alicyclic amines) is 1. The first kappa shape index (κ1) is 21.2. The molecule has 5 rings (SSSR count). The van der Waals surface area contributed by atoms with Crippen molar-refractivity contribution in [3.05, 3.63) is 72.3 Å². The number of nitrogens with one attached hydrogen (secondary N) is 1. The summed E-state index contributed by atoms with van der Waals surface area (Å²) in [4.78, 5) is 28.9. The number of rotatable bonds is 6. The van der Waals surface area contributed by atoms with Crippen molar-refractivity contribution in [3.8, 4) is 0 Å². The van der Waals surface area contributed by atoms with E-state index in [1.54, 1.807) is 12.3 Å². The van der Waals surface area contributed by atoms with Gasteiger partial charge in [-0.05, 0) is 61.1 Å². The molecule has 0 radical (unpaired) electrons. The van der Waals surface area contributed by atoms with E-state index in [0.29, 0.717) is 24.6 Å². The average Bonchev–Trinajstić information content (AvgIpc) is 3.35. The number of carbonyl (C=O) groups is 2. The van der Waals surface area contributed by atoms with Crippen LogP contribution in [-0.4, -0.2) is 53.1 Å². The van der Waals surface area contributed by atoms with Crippen LogP contribution in [0.1, 0.15) is 28.8 Å². The molecule has 33 heavy (non-hydrogen) atoms. The Morgan fingerprint density at radius 1 is 1.06 bits per heavy atom. The maximum atomic E-state index is 12.5. The summed E-state index contributed by atoms with van der Waals surface area (Å²) in [5, 5.41) is 11.0. The topological polar surface area (TPSA) is 91.6 Å². The van der Waals surface area contributed by atoms with Gasteiger partial charge in [0.25, 0.3) is 5.91 Å². The van der Waals surface area contributed by atoms with Crippen molar-refractivity contribution in [2.75, 3.05) is 36.4 Å². The van der Waals surface area contributed by atoms with E-state index in [-0.39, 0.29) is 17.7 Å². The maximum absolute atomic E-state index is 12.5. The zero-order valence-electron chi connectivity index (χ0n) is 18.4. The molecule has 2 fully saturated rings. The summed E-state index contributed by atoms with van der Waals surface area (Å²) in [6, 6.07) is 13.6. The summed E-state index contributed by atoms with van der Waals surface area (Å²) in [6.45, 7) is 2.86. The molecular formula is C25H27N5O3. The Balaban J connectivity index is 1.06. The zero-order chi connectivity index (χ0) is 22.6. The molecule has 170 valence electrons. The van der Waals surface area contributed by atoms with Crippen molar-refractivity contribution in [1.82, 2.24) is 15.1 Å². The second kappa shape index (κ2) is 9.44. The van der Waals surface area contributed by atoms with Crippen molar-refractivity contribution >= 4 is 23.3 Å². The SMILES string of the molecule is O=C(Nc1ccc(CC2CCN(C(=O)c3ccoc3)CC2)cc1)C1CN(c2cccnn2)C1. The highest BCUT2D eigenvalue weighted by Gasteiger charge is 2.33. The average molecular weight is 446 g/mol. The van der Waals surface area contributed by atoms with Crippen molar-refractivity contribution < 1.29 is 14.0 Å². The molecule has 2 aromatic heterocycles. The van der Waals surface area contributed by atoms with E-state index in [4.69, 9.17) is 4.42 Å². The lowest BCUT2D eigenvalue weighted by molar-refractivity contribution is -0.120. The summed E-state index contributed by atoms with van der Waals surface area (Å²) in [5.41, 5.74) is 2.70. The third-order valence-corrected chi connectivity index (χ3v) is 6.55. The lowest BCUT2D eigenvalue weighted by Gasteiger charge is -2.38. The number of anilines is 2. The van der Waals surface area contributed by atoms with Crippen LogP contribution in [0, 0.1) is 11.8 Å². The van der Waals surface area contributed by atoms with Gasteiger partial charge in [0.2, 0.25) is 5.91 Å². The van der Waals surface area contributed by atoms with Crippen LogP contribution in [0.15, 0.2) is 65.6 Å². The molecule has 2 aliphatic rings. The molecule has 1 aromatic carbocycles. The smallest absolute Gasteiger partial charge is 0.257 e. The minimum Gasteiger partial charge on any atom is -0.472 e. The molecule has 4 heterocycles. The Bertz CT molecular complexity index is 1070. The van der Waals surface area contributed by atoms with Crippen LogP contribution in [0.2, 0.25) is 0 Å². The first-order valence-corrected chi connectivity index (χ1v) is 11.4. The molecule has 0 saturated carbocycles. The minimum atomic E-state index is -0.0402. The van der Waals surface area contributed by atoms with Gasteiger partial charge in [0.05, 0.1) is 17.7 Å². The monoisotopic (exact) mass is 445 g/mol. The highest BCUT2D eigenvalue weighted by atomic mass is 16.3. The molecular weight excluding hydrogens is 418 g/mol. The van der Waals surface area contributed by atoms with Gasteiger partial charge in [0.15, 0.2) is 5.82 Å². The Hall–Kier alpha value is -3.68. The van der Waals surface area contributed by atoms with E-state index in [1.807, 2.05) is 34.1 Å². The quantitative estimate of drug-likeness (QED) is 0.626. The fraction of sp³-hybridized carbons (Fsp3) is 0.360. The summed E-state index contributed by atoms with van der Waals surface area (Å²) >= 11 is 0. The number of hydrogen-bond acceptors (Lipinski definition) is 6. The van der Waals surface area contributed by atoms with Crippen LogP contribution in [0.3, 0.4) is 0 Å². The van der Waals surface area contributed by atoms with Crippen LogP contribution >= 0.6 is 0 Å². The van der Waals surface area contributed by atoms with Crippen LogP contribution in [-0.2, 0) is 11.2 Å². The summed E-state index contributed by atoms with van der Waals surface area (Å²) < 4.78 is 5.03. The summed E-state index contributed by atoms with van der Waals surface area (Å²) in [5.74, 6) is 1.41. The van der Waals surface area contributed by atoms with Crippen molar-refractivity contribution in [3.63, 3.8) is 0 Å². The molecule has 0 spiro atoms. The van der Waals surface area contributed by atoms with Crippen LogP contribution in [0.25, 0.3) is 0 Å². The Morgan fingerprint density at radius 2 is 1.85 bits per heavy atom. The number of hydrogen-bond donors (Lipinski definition) is 1. The van der Waals surface area contributed by atoms with Crippen LogP contribution in [0.4, 0.5) is 11.5 Å². The highest BCUT2D eigenvalue weighted by Crippen LogP contribution is 2.25. The van der Waals surface area contributed by atoms with Crippen molar-refractivity contribution in [2.45, 2.75) is 19.3 Å². The van der Waals surface area contributed by atoms with E-state index in [2.05, 4.69) is 27.6 Å². The van der Waals surface area contributed by atoms with Gasteiger partial charge in [0, 0.05) is 38.1 Å². The van der Waals surface area contributed by atoms with Crippen LogP contribution < -0.4 is 10.2 Å². The molecule has 2 aliphatic heterocycles. The molecule has 8 nitrogen and oxygen atoms in total. The van der Waals surface area contributed by atoms with E-state index in [1.165, 1.54) is 18.1 Å². The molecule has 2 amide bonds. The number of benzene rings is 1. The van der Waals surface area contributed by atoms with E-state index >= 15 is 0 Å². The number of nitrogens with zero attached hydrogens (tertiary/aromatic N) is 4. The van der Waals surface area contributed by atoms with Gasteiger partial charge in [-0.25, -0.2) is 0 Å². The number of carbonyl (C=O) groups excluding carboxylic acids is 2. The summed E-state index contributed by atoms with van der Waals surface area (Å²) in [7, 11) is 0. The molecule has 0 atom stereocenters. The maximum Gasteiger partial charge on any atom is 0.257 e. The first-order chi connectivity index (χ1) is 16.2. The van der Waals surface area contributed by atoms with Crippen LogP contribution in [0.5, 0.6) is 0 Å². The molecule has 0 unspecified atom stereocenters. The number of amides is 2. The molecule has 0 aliphatic carbocycles. The van der Waals surface area contributed by atoms with Gasteiger partial charge in [-0.1, -0.05) is 12.1 Å². The Labute approximate surface area is 192 Å². The Kier molecular flexibility index (Phi) is 6.06. The largest absolute Gasteiger partial charge is 0.472 e. The number of piperidine rings is 1. The second-order valence-corrected chi connectivity index (χ2v) is 8.82. The van der Waals surface area contributed by atoms with Gasteiger partial charge in [-0.2, -0.15) is 5.10 Å². The van der Waals surface area contributed by atoms with E-state index < -0.39 is 0 Å². The normalized spacial score (nSPS) is 17.0. The standard InChI is InChI=1S/C25H27N5O3/c31-24(21-15-30(16-21)23-2-1-10-26-28-23)27-22-5-3-18(4-6-22)14-19-7-11-29(12-8-19)25(32)20-9-13-33-17-20/h1-6,9-10,13,17,19,21H,7-8,11-12,14-16H2,(H,27,31). The zero-order valence-corrected chi connectivity index (χ0v) is 18.4. The predicted octanol–water partition coefficient (Wildman–Crippen LogP) is 3.24. The minimum absolute atomic E-state index is 0.0394. The highest BCUT2D eigenvalue weighted by molar-refractivity contribution is 5.94. The van der Waals surface area contributed by atoms with E-state index in [9.17, 15) is 9.59 Å². The summed E-state index contributed by atoms with van der Waals surface area (Å²) in [6.07, 6.45) is 7.65. The first-order valence-electron chi connectivity index (χ1n) is 11.4. The predicted molar refractivity (Wildman–Crippen MR) is 124 cm³/mol. The van der Waals surface area contributed by atoms with Gasteiger partial charge < -0.3 is 19.5 Å². The van der Waals surface area contributed by atoms with Gasteiger partial charge >= 0.3 is 0 Å². The molecule has 0 bridgehead atoms. The number of aromatic nitrogens is 2. The lowest BCUT2D eigenvalue weighted by atomic mass is 9.90. The second-order valence-electron chi connectivity index (χ2n) is 8.82. The van der Waals surface area contributed by atoms with Gasteiger partial charge in [-0.15, -0.1) is 5.10 Å². The molecule has 1 N–H and O–H groups in total. The van der Waals surface area contributed by atoms with E-state index in [0.717, 1.165) is 43.9 Å². The Morgan fingerprint density at radius 3 is 2.52 bits per heavy atom. The van der Waals surface area contributed by atoms with Gasteiger partial charge in [-0.3, -0.25) is 9.59 Å². The van der Waals surface area contributed by atoms with Crippen molar-refractivity contribution in [1.29, 1.82) is 0 Å². The lowest BCUT2D eigenvalue weighted by Crippen LogP contribution is -2.52. The fourth-order valence-electron chi connectivity index (χ4n) is 4.50. The third-order valence-electron chi connectivity index (χ3n) is 6.55. The number of furan rings is 1. The van der Waals surface area contributed by atoms with Crippen molar-refractivity contribution in [2.24, 2.45) is 11.8 Å². The van der Waals surface area contributed by atoms with Gasteiger partial charge in [0.1, 0.15) is 6.26 Å². The molecule has 3 aromatic rings. The fourth-order valence-corrected chi connectivity index (χ4v) is 4.50. The molecule has 2 saturated heterocycles. The molecule has 8 heteroatoms. The third kappa shape index (κ3) is 4.89.